The summed E-state index contributed by atoms with van der Waals surface area (Å²) in [5.41, 5.74) is -2.46. The van der Waals surface area contributed by atoms with Crippen LogP contribution in [0.25, 0.3) is 10.1 Å². The van der Waals surface area contributed by atoms with Gasteiger partial charge in [-0.2, -0.15) is 0 Å². The predicted octanol–water partition coefficient (Wildman–Crippen LogP) is -2.14. The molecule has 0 saturated carbocycles. The Morgan fingerprint density at radius 3 is 2.74 bits per heavy atom. The van der Waals surface area contributed by atoms with Gasteiger partial charge in [0.15, 0.2) is 0 Å². The molecule has 0 aliphatic heterocycles. The van der Waals surface area contributed by atoms with E-state index in [9.17, 15) is 25.2 Å². The molecule has 0 radical (unpaired) electrons. The largest absolute Gasteiger partial charge is 1.00 e. The zero-order valence-electron chi connectivity index (χ0n) is 14.9. The van der Waals surface area contributed by atoms with Crippen molar-refractivity contribution in [3.8, 4) is 0 Å². The number of thiophene rings is 1. The summed E-state index contributed by atoms with van der Waals surface area (Å²) in [6, 6.07) is 9.72. The third kappa shape index (κ3) is 4.30. The molecular weight excluding hydrogens is 379 g/mol. The molecule has 0 amide bonds. The number of carbonyl (C=O) groups is 1. The summed E-state index contributed by atoms with van der Waals surface area (Å²) in [6.07, 6.45) is -2.11. The molecule has 0 saturated heterocycles. The number of benzene rings is 1. The number of hydrogen-bond donors (Lipinski definition) is 3. The van der Waals surface area contributed by atoms with Crippen LogP contribution >= 0.6 is 11.3 Å². The van der Waals surface area contributed by atoms with E-state index < -0.39 is 30.2 Å². The predicted molar refractivity (Wildman–Crippen MR) is 95.0 cm³/mol. The number of carboxylic acid groups (broad SMARTS) is 1. The Kier molecular flexibility index (Phi) is 7.27. The van der Waals surface area contributed by atoms with Crippen LogP contribution < -0.4 is 34.7 Å². The van der Waals surface area contributed by atoms with Gasteiger partial charge < -0.3 is 30.0 Å². The van der Waals surface area contributed by atoms with Gasteiger partial charge in [0.25, 0.3) is 0 Å². The third-order valence-electron chi connectivity index (χ3n) is 4.47. The van der Waals surface area contributed by atoms with E-state index in [-0.39, 0.29) is 53.9 Å². The molecule has 3 atom stereocenters. The minimum absolute atomic E-state index is 0. The summed E-state index contributed by atoms with van der Waals surface area (Å²) in [4.78, 5) is 12.3. The van der Waals surface area contributed by atoms with Gasteiger partial charge in [-0.25, -0.2) is 0 Å². The topological polar surface area (TPSA) is 110 Å². The fraction of sp³-hybridized carbons (Fsp3) is 0.316. The van der Waals surface area contributed by atoms with Gasteiger partial charge in [-0.1, -0.05) is 24.3 Å². The first kappa shape index (κ1) is 22.1. The van der Waals surface area contributed by atoms with Gasteiger partial charge in [0.1, 0.15) is 24.1 Å². The summed E-state index contributed by atoms with van der Waals surface area (Å²) in [6.45, 7) is 3.62. The average Bonchev–Trinajstić information content (AvgIpc) is 3.02. The molecule has 27 heavy (non-hydrogen) atoms. The van der Waals surface area contributed by atoms with E-state index in [1.807, 2.05) is 30.3 Å². The first-order valence-corrected chi connectivity index (χ1v) is 8.93. The SMILES string of the molecule is C=CCC1=C(OCc2cc3ccccc3s2)[C@@H](O)[C@H](O)C[C@]1(O)C(=O)[O-].[Na+]. The van der Waals surface area contributed by atoms with E-state index in [4.69, 9.17) is 4.74 Å². The Labute approximate surface area is 182 Å². The van der Waals surface area contributed by atoms with E-state index in [0.717, 1.165) is 15.0 Å². The molecular formula is C19H19NaO6S. The van der Waals surface area contributed by atoms with Crippen LogP contribution in [0.15, 0.2) is 54.3 Å². The molecule has 3 rings (SSSR count). The number of aliphatic hydroxyl groups excluding tert-OH is 2. The summed E-state index contributed by atoms with van der Waals surface area (Å²) >= 11 is 1.51. The zero-order valence-corrected chi connectivity index (χ0v) is 17.7. The summed E-state index contributed by atoms with van der Waals surface area (Å²) in [7, 11) is 0. The molecule has 0 unspecified atom stereocenters. The number of hydrogen-bond acceptors (Lipinski definition) is 7. The number of allylic oxidation sites excluding steroid dienone is 1. The van der Waals surface area contributed by atoms with Crippen LogP contribution in [0.4, 0.5) is 0 Å². The second-order valence-electron chi connectivity index (χ2n) is 6.24. The minimum Gasteiger partial charge on any atom is -0.547 e. The van der Waals surface area contributed by atoms with Gasteiger partial charge in [0.2, 0.25) is 0 Å². The molecule has 1 aromatic carbocycles. The van der Waals surface area contributed by atoms with Gasteiger partial charge in [-0.3, -0.25) is 0 Å². The van der Waals surface area contributed by atoms with Crippen molar-refractivity contribution in [1.29, 1.82) is 0 Å². The van der Waals surface area contributed by atoms with Gasteiger partial charge in [-0.05, 0) is 23.9 Å². The zero-order chi connectivity index (χ0) is 18.9. The molecule has 8 heteroatoms. The van der Waals surface area contributed by atoms with Gasteiger partial charge in [0, 0.05) is 21.6 Å². The molecule has 1 aliphatic carbocycles. The number of ether oxygens (including phenoxy) is 1. The van der Waals surface area contributed by atoms with Gasteiger partial charge in [0.05, 0.1) is 12.1 Å². The Morgan fingerprint density at radius 2 is 2.11 bits per heavy atom. The van der Waals surface area contributed by atoms with Crippen molar-refractivity contribution in [2.75, 3.05) is 0 Å². The fourth-order valence-electron chi connectivity index (χ4n) is 3.14. The number of aliphatic hydroxyl groups is 3. The van der Waals surface area contributed by atoms with Crippen molar-refractivity contribution in [1.82, 2.24) is 0 Å². The van der Waals surface area contributed by atoms with Crippen molar-refractivity contribution in [2.45, 2.75) is 37.3 Å². The monoisotopic (exact) mass is 398 g/mol. The van der Waals surface area contributed by atoms with E-state index in [0.29, 0.717) is 0 Å². The number of aliphatic carboxylic acids is 1. The van der Waals surface area contributed by atoms with Gasteiger partial charge in [-0.15, -0.1) is 17.9 Å². The number of carboxylic acids is 1. The van der Waals surface area contributed by atoms with Crippen LogP contribution in [-0.4, -0.2) is 39.1 Å². The average molecular weight is 398 g/mol. The van der Waals surface area contributed by atoms with Crippen LogP contribution in [-0.2, 0) is 16.1 Å². The molecule has 138 valence electrons. The molecule has 0 spiro atoms. The molecule has 0 bridgehead atoms. The number of rotatable bonds is 6. The normalized spacial score (nSPS) is 25.1. The number of carbonyl (C=O) groups excluding carboxylic acids is 1. The van der Waals surface area contributed by atoms with Crippen molar-refractivity contribution in [2.24, 2.45) is 0 Å². The maximum Gasteiger partial charge on any atom is 1.00 e. The number of fused-ring (bicyclic) bond motifs is 1. The molecule has 6 nitrogen and oxygen atoms in total. The van der Waals surface area contributed by atoms with Crippen LogP contribution in [0.2, 0.25) is 0 Å². The molecule has 0 fully saturated rings. The van der Waals surface area contributed by atoms with Crippen LogP contribution in [0.1, 0.15) is 17.7 Å². The maximum atomic E-state index is 11.5. The smallest absolute Gasteiger partial charge is 0.547 e. The van der Waals surface area contributed by atoms with E-state index in [1.54, 1.807) is 0 Å². The standard InChI is InChI=1S/C19H20O6S.Na/c1-2-5-13-17(16(21)14(20)9-19(13,24)18(22)23)25-10-12-8-11-6-3-4-7-15(11)26-12;/h2-4,6-8,14,16,20-21,24H,1,5,9-10H2,(H,22,23);/q;+1/p-1/t14-,16+,19-;/m1./s1. The fourth-order valence-corrected chi connectivity index (χ4v) is 4.12. The minimum atomic E-state index is -2.41. The van der Waals surface area contributed by atoms with Crippen molar-refractivity contribution in [3.05, 3.63) is 59.2 Å². The molecule has 3 N–H and O–H groups in total. The Balaban J connectivity index is 0.00000261. The Hall–Kier alpha value is -1.19. The van der Waals surface area contributed by atoms with Crippen LogP contribution in [0, 0.1) is 0 Å². The quantitative estimate of drug-likeness (QED) is 0.378. The van der Waals surface area contributed by atoms with E-state index >= 15 is 0 Å². The Bertz CT molecular complexity index is 843. The first-order valence-electron chi connectivity index (χ1n) is 8.11. The van der Waals surface area contributed by atoms with E-state index in [1.165, 1.54) is 17.4 Å². The first-order chi connectivity index (χ1) is 12.4. The maximum absolute atomic E-state index is 11.5. The second-order valence-corrected chi connectivity index (χ2v) is 7.41. The molecule has 1 aliphatic rings. The van der Waals surface area contributed by atoms with Gasteiger partial charge >= 0.3 is 29.6 Å². The summed E-state index contributed by atoms with van der Waals surface area (Å²) < 4.78 is 6.74. The molecule has 2 aromatic rings. The second kappa shape index (κ2) is 8.87. The van der Waals surface area contributed by atoms with E-state index in [2.05, 4.69) is 6.58 Å². The van der Waals surface area contributed by atoms with Crippen molar-refractivity contribution >= 4 is 27.4 Å². The van der Waals surface area contributed by atoms with Crippen LogP contribution in [0.3, 0.4) is 0 Å². The molecule has 1 aromatic heterocycles. The Morgan fingerprint density at radius 1 is 1.41 bits per heavy atom. The van der Waals surface area contributed by atoms with Crippen LogP contribution in [0.5, 0.6) is 0 Å². The molecule has 1 heterocycles. The third-order valence-corrected chi connectivity index (χ3v) is 5.56. The van der Waals surface area contributed by atoms with Crippen molar-refractivity contribution in [3.63, 3.8) is 0 Å². The van der Waals surface area contributed by atoms with Crippen molar-refractivity contribution < 1.29 is 59.5 Å². The summed E-state index contributed by atoms with van der Waals surface area (Å²) in [5, 5.41) is 43.3. The summed E-state index contributed by atoms with van der Waals surface area (Å²) in [5.74, 6) is -1.89.